The molecule has 0 saturated heterocycles. The molecular weight excluding hydrogens is 490 g/mol. The summed E-state index contributed by atoms with van der Waals surface area (Å²) in [6, 6.07) is 5.78. The number of rotatable bonds is 6. The number of hydrogen-bond acceptors (Lipinski definition) is 7. The van der Waals surface area contributed by atoms with Crippen molar-refractivity contribution >= 4 is 49.7 Å². The topological polar surface area (TPSA) is 134 Å². The Morgan fingerprint density at radius 1 is 1.33 bits per heavy atom. The van der Waals surface area contributed by atoms with Crippen molar-refractivity contribution in [1.29, 1.82) is 0 Å². The number of carbonyl (C=O) groups excluding carboxylic acids is 1. The highest BCUT2D eigenvalue weighted by molar-refractivity contribution is 9.11. The third-order valence-corrected chi connectivity index (χ3v) is 4.62. The molecule has 142 valence electrons. The minimum absolute atomic E-state index is 0.0335. The van der Waals surface area contributed by atoms with E-state index in [0.29, 0.717) is 10.0 Å². The number of halogens is 2. The number of aryl methyl sites for hydroxylation is 1. The van der Waals surface area contributed by atoms with E-state index in [1.807, 2.05) is 0 Å². The summed E-state index contributed by atoms with van der Waals surface area (Å²) in [6.45, 7) is 1.21. The van der Waals surface area contributed by atoms with E-state index in [4.69, 9.17) is 4.74 Å². The summed E-state index contributed by atoms with van der Waals surface area (Å²) >= 11 is 6.13. The first kappa shape index (κ1) is 20.6. The van der Waals surface area contributed by atoms with Gasteiger partial charge in [0, 0.05) is 11.6 Å². The van der Waals surface area contributed by atoms with Crippen LogP contribution in [0.3, 0.4) is 0 Å². The summed E-state index contributed by atoms with van der Waals surface area (Å²) in [7, 11) is 0. The SMILES string of the molecule is Cc1ccc(OCC(=O)N/N=C/c2cc(Br)c(O)c(Br)c2O)c([N+](=O)[O-])c1. The van der Waals surface area contributed by atoms with E-state index in [0.717, 1.165) is 6.21 Å². The molecule has 0 atom stereocenters. The Hall–Kier alpha value is -2.66. The van der Waals surface area contributed by atoms with Crippen molar-refractivity contribution in [3.63, 3.8) is 0 Å². The molecule has 2 aromatic carbocycles. The van der Waals surface area contributed by atoms with Crippen LogP contribution in [-0.4, -0.2) is 33.9 Å². The zero-order chi connectivity index (χ0) is 20.1. The van der Waals surface area contributed by atoms with Gasteiger partial charge in [-0.3, -0.25) is 14.9 Å². The average Bonchev–Trinajstić information content (AvgIpc) is 2.62. The van der Waals surface area contributed by atoms with E-state index in [-0.39, 0.29) is 33.0 Å². The summed E-state index contributed by atoms with van der Waals surface area (Å²) in [5.41, 5.74) is 2.85. The Balaban J connectivity index is 2.00. The second kappa shape index (κ2) is 8.82. The Labute approximate surface area is 170 Å². The summed E-state index contributed by atoms with van der Waals surface area (Å²) in [5.74, 6) is -1.13. The normalized spacial score (nSPS) is 10.8. The van der Waals surface area contributed by atoms with Gasteiger partial charge in [0.25, 0.3) is 5.91 Å². The standard InChI is InChI=1S/C16H13Br2N3O6/c1-8-2-3-12(11(4-8)21(25)26)27-7-13(22)20-19-6-9-5-10(17)16(24)14(18)15(9)23/h2-6,23-24H,7H2,1H3,(H,20,22)/b19-6+. The second-order valence-corrected chi connectivity index (χ2v) is 6.92. The lowest BCUT2D eigenvalue weighted by Gasteiger charge is -2.07. The Morgan fingerprint density at radius 2 is 2.04 bits per heavy atom. The third kappa shape index (κ3) is 5.17. The predicted octanol–water partition coefficient (Wildman–Crippen LogP) is 3.37. The number of phenols is 2. The molecule has 0 aliphatic heterocycles. The van der Waals surface area contributed by atoms with Gasteiger partial charge in [0.2, 0.25) is 0 Å². The van der Waals surface area contributed by atoms with Crippen molar-refractivity contribution in [1.82, 2.24) is 5.43 Å². The predicted molar refractivity (Wildman–Crippen MR) is 104 cm³/mol. The largest absolute Gasteiger partial charge is 0.506 e. The van der Waals surface area contributed by atoms with Crippen LogP contribution < -0.4 is 10.2 Å². The monoisotopic (exact) mass is 501 g/mol. The molecule has 2 aromatic rings. The van der Waals surface area contributed by atoms with Gasteiger partial charge in [-0.2, -0.15) is 5.10 Å². The molecule has 0 unspecified atom stereocenters. The van der Waals surface area contributed by atoms with Crippen LogP contribution in [0.15, 0.2) is 38.3 Å². The quantitative estimate of drug-likeness (QED) is 0.315. The maximum atomic E-state index is 11.8. The number of nitro benzene ring substituents is 1. The van der Waals surface area contributed by atoms with Gasteiger partial charge in [0.15, 0.2) is 12.4 Å². The molecule has 0 fully saturated rings. The molecule has 0 aliphatic rings. The fourth-order valence-corrected chi connectivity index (χ4v) is 3.11. The van der Waals surface area contributed by atoms with Gasteiger partial charge in [0.05, 0.1) is 15.6 Å². The van der Waals surface area contributed by atoms with Crippen LogP contribution in [0.25, 0.3) is 0 Å². The number of nitrogens with zero attached hydrogens (tertiary/aromatic N) is 2. The molecule has 1 amide bonds. The number of hydrogen-bond donors (Lipinski definition) is 3. The van der Waals surface area contributed by atoms with Crippen LogP contribution in [0.5, 0.6) is 17.2 Å². The van der Waals surface area contributed by atoms with Crippen molar-refractivity contribution in [3.8, 4) is 17.2 Å². The Morgan fingerprint density at radius 3 is 2.70 bits per heavy atom. The lowest BCUT2D eigenvalue weighted by atomic mass is 10.2. The van der Waals surface area contributed by atoms with Gasteiger partial charge >= 0.3 is 5.69 Å². The van der Waals surface area contributed by atoms with Crippen molar-refractivity contribution in [2.45, 2.75) is 6.92 Å². The smallest absolute Gasteiger partial charge is 0.311 e. The van der Waals surface area contributed by atoms with Gasteiger partial charge < -0.3 is 14.9 Å². The molecular formula is C16H13Br2N3O6. The van der Waals surface area contributed by atoms with E-state index in [1.165, 1.54) is 18.2 Å². The summed E-state index contributed by atoms with van der Waals surface area (Å²) in [6.07, 6.45) is 1.16. The molecule has 0 heterocycles. The number of nitrogens with one attached hydrogen (secondary N) is 1. The molecule has 0 bridgehead atoms. The van der Waals surface area contributed by atoms with Crippen LogP contribution >= 0.6 is 31.9 Å². The van der Waals surface area contributed by atoms with Crippen molar-refractivity contribution in [3.05, 3.63) is 54.5 Å². The van der Waals surface area contributed by atoms with Crippen molar-refractivity contribution in [2.24, 2.45) is 5.10 Å². The minimum atomic E-state index is -0.655. The van der Waals surface area contributed by atoms with Crippen LogP contribution in [0, 0.1) is 17.0 Å². The zero-order valence-corrected chi connectivity index (χ0v) is 16.9. The first-order valence-electron chi connectivity index (χ1n) is 7.30. The van der Waals surface area contributed by atoms with E-state index < -0.39 is 17.4 Å². The lowest BCUT2D eigenvalue weighted by molar-refractivity contribution is -0.385. The molecule has 2 rings (SSSR count). The number of carbonyl (C=O) groups is 1. The maximum absolute atomic E-state index is 11.8. The molecule has 0 radical (unpaired) electrons. The number of ether oxygens (including phenoxy) is 1. The molecule has 0 spiro atoms. The summed E-state index contributed by atoms with van der Waals surface area (Å²) in [4.78, 5) is 22.2. The zero-order valence-electron chi connectivity index (χ0n) is 13.8. The average molecular weight is 503 g/mol. The molecule has 27 heavy (non-hydrogen) atoms. The number of amides is 1. The maximum Gasteiger partial charge on any atom is 0.311 e. The van der Waals surface area contributed by atoms with E-state index >= 15 is 0 Å². The van der Waals surface area contributed by atoms with Crippen LogP contribution in [0.4, 0.5) is 5.69 Å². The number of nitro groups is 1. The number of aromatic hydroxyl groups is 2. The van der Waals surface area contributed by atoms with Crippen LogP contribution in [0.1, 0.15) is 11.1 Å². The molecule has 9 nitrogen and oxygen atoms in total. The number of phenolic OH excluding ortho intramolecular Hbond substituents is 2. The third-order valence-electron chi connectivity index (χ3n) is 3.26. The van der Waals surface area contributed by atoms with E-state index in [9.17, 15) is 25.1 Å². The first-order valence-corrected chi connectivity index (χ1v) is 8.89. The highest BCUT2D eigenvalue weighted by Gasteiger charge is 2.16. The highest BCUT2D eigenvalue weighted by atomic mass is 79.9. The summed E-state index contributed by atoms with van der Waals surface area (Å²) in [5, 5.41) is 34.2. The Kier molecular flexibility index (Phi) is 6.75. The van der Waals surface area contributed by atoms with Gasteiger partial charge in [-0.1, -0.05) is 6.07 Å². The number of benzene rings is 2. The fraction of sp³-hybridized carbons (Fsp3) is 0.125. The van der Waals surface area contributed by atoms with Gasteiger partial charge in [-0.25, -0.2) is 5.43 Å². The second-order valence-electron chi connectivity index (χ2n) is 5.27. The van der Waals surface area contributed by atoms with Crippen LogP contribution in [-0.2, 0) is 4.79 Å². The van der Waals surface area contributed by atoms with Gasteiger partial charge in [-0.05, 0) is 56.5 Å². The minimum Gasteiger partial charge on any atom is -0.506 e. The molecule has 0 aromatic heterocycles. The molecule has 0 saturated carbocycles. The fourth-order valence-electron chi connectivity index (χ4n) is 1.96. The van der Waals surface area contributed by atoms with Crippen molar-refractivity contribution in [2.75, 3.05) is 6.61 Å². The number of hydrazone groups is 1. The first-order chi connectivity index (χ1) is 12.7. The highest BCUT2D eigenvalue weighted by Crippen LogP contribution is 2.40. The van der Waals surface area contributed by atoms with E-state index in [2.05, 4.69) is 42.4 Å². The Bertz CT molecular complexity index is 933. The lowest BCUT2D eigenvalue weighted by Crippen LogP contribution is -2.24. The van der Waals surface area contributed by atoms with E-state index in [1.54, 1.807) is 13.0 Å². The van der Waals surface area contributed by atoms with Crippen molar-refractivity contribution < 1.29 is 24.7 Å². The van der Waals surface area contributed by atoms with Gasteiger partial charge in [-0.15, -0.1) is 0 Å². The van der Waals surface area contributed by atoms with Gasteiger partial charge in [0.1, 0.15) is 16.0 Å². The summed E-state index contributed by atoms with van der Waals surface area (Å²) < 4.78 is 5.55. The molecule has 0 aliphatic carbocycles. The van der Waals surface area contributed by atoms with Crippen LogP contribution in [0.2, 0.25) is 0 Å². The molecule has 3 N–H and O–H groups in total. The molecule has 11 heteroatoms.